The molecule has 0 spiro atoms. The van der Waals surface area contributed by atoms with E-state index in [1.165, 1.54) is 12.8 Å². The molecular weight excluding hydrogens is 238 g/mol. The van der Waals surface area contributed by atoms with Crippen LogP contribution >= 0.6 is 0 Å². The van der Waals surface area contributed by atoms with Gasteiger partial charge in [0.2, 0.25) is 0 Å². The van der Waals surface area contributed by atoms with Crippen molar-refractivity contribution in [3.05, 3.63) is 29.3 Å². The first-order chi connectivity index (χ1) is 9.10. The molecule has 1 aromatic carbocycles. The van der Waals surface area contributed by atoms with E-state index in [1.807, 2.05) is 25.1 Å². The first kappa shape index (κ1) is 14.1. The molecule has 0 aliphatic carbocycles. The number of aryl methyl sites for hydroxylation is 1. The summed E-state index contributed by atoms with van der Waals surface area (Å²) in [5, 5.41) is 3.51. The van der Waals surface area contributed by atoms with Crippen LogP contribution in [-0.4, -0.2) is 25.0 Å². The van der Waals surface area contributed by atoms with Crippen LogP contribution in [0.15, 0.2) is 18.2 Å². The number of benzene rings is 1. The quantitative estimate of drug-likeness (QED) is 0.846. The SMILES string of the molecule is COc1ccc(C)cc1C(=O)CC1CCCC(C)N1. The second-order valence-electron chi connectivity index (χ2n) is 5.53. The lowest BCUT2D eigenvalue weighted by Crippen LogP contribution is -2.41. The van der Waals surface area contributed by atoms with Crippen molar-refractivity contribution in [1.29, 1.82) is 0 Å². The van der Waals surface area contributed by atoms with E-state index in [0.717, 1.165) is 12.0 Å². The van der Waals surface area contributed by atoms with Gasteiger partial charge in [0.15, 0.2) is 5.78 Å². The van der Waals surface area contributed by atoms with E-state index in [0.29, 0.717) is 29.8 Å². The molecule has 2 rings (SSSR count). The maximum Gasteiger partial charge on any atom is 0.168 e. The van der Waals surface area contributed by atoms with E-state index in [-0.39, 0.29) is 5.78 Å². The van der Waals surface area contributed by atoms with E-state index in [9.17, 15) is 4.79 Å². The summed E-state index contributed by atoms with van der Waals surface area (Å²) >= 11 is 0. The molecule has 1 fully saturated rings. The minimum absolute atomic E-state index is 0.173. The van der Waals surface area contributed by atoms with Crippen LogP contribution in [0.1, 0.15) is 48.5 Å². The second kappa shape index (κ2) is 6.20. The number of hydrogen-bond acceptors (Lipinski definition) is 3. The number of carbonyl (C=O) groups is 1. The number of ether oxygens (including phenoxy) is 1. The fourth-order valence-electron chi connectivity index (χ4n) is 2.77. The summed E-state index contributed by atoms with van der Waals surface area (Å²) < 4.78 is 5.29. The van der Waals surface area contributed by atoms with Crippen LogP contribution in [0.2, 0.25) is 0 Å². The minimum Gasteiger partial charge on any atom is -0.496 e. The van der Waals surface area contributed by atoms with Gasteiger partial charge in [-0.1, -0.05) is 18.1 Å². The average molecular weight is 261 g/mol. The van der Waals surface area contributed by atoms with Crippen LogP contribution in [0.4, 0.5) is 0 Å². The van der Waals surface area contributed by atoms with Gasteiger partial charge in [0.05, 0.1) is 12.7 Å². The normalized spacial score (nSPS) is 23.1. The Balaban J connectivity index is 2.09. The molecule has 0 saturated carbocycles. The summed E-state index contributed by atoms with van der Waals surface area (Å²) in [6.07, 6.45) is 4.06. The van der Waals surface area contributed by atoms with Crippen molar-refractivity contribution in [2.45, 2.75) is 51.6 Å². The Kier molecular flexibility index (Phi) is 4.59. The van der Waals surface area contributed by atoms with Crippen LogP contribution in [0, 0.1) is 6.92 Å². The van der Waals surface area contributed by atoms with Crippen molar-refractivity contribution in [3.63, 3.8) is 0 Å². The van der Waals surface area contributed by atoms with Gasteiger partial charge in [0.25, 0.3) is 0 Å². The second-order valence-corrected chi connectivity index (χ2v) is 5.53. The predicted octanol–water partition coefficient (Wildman–Crippen LogP) is 3.11. The zero-order valence-electron chi connectivity index (χ0n) is 12.0. The van der Waals surface area contributed by atoms with E-state index in [4.69, 9.17) is 4.74 Å². The highest BCUT2D eigenvalue weighted by Crippen LogP contribution is 2.23. The Hall–Kier alpha value is -1.35. The van der Waals surface area contributed by atoms with Crippen LogP contribution in [0.3, 0.4) is 0 Å². The Labute approximate surface area is 115 Å². The largest absolute Gasteiger partial charge is 0.496 e. The number of rotatable bonds is 4. The lowest BCUT2D eigenvalue weighted by Gasteiger charge is -2.28. The van der Waals surface area contributed by atoms with E-state index in [2.05, 4.69) is 12.2 Å². The molecule has 1 aromatic rings. The first-order valence-corrected chi connectivity index (χ1v) is 7.04. The molecule has 0 radical (unpaired) electrons. The Bertz CT molecular complexity index is 456. The summed E-state index contributed by atoms with van der Waals surface area (Å²) in [7, 11) is 1.61. The van der Waals surface area contributed by atoms with E-state index >= 15 is 0 Å². The lowest BCUT2D eigenvalue weighted by atomic mass is 9.93. The van der Waals surface area contributed by atoms with Crippen molar-refractivity contribution < 1.29 is 9.53 Å². The van der Waals surface area contributed by atoms with E-state index in [1.54, 1.807) is 7.11 Å². The molecular formula is C16H23NO2. The molecule has 19 heavy (non-hydrogen) atoms. The summed E-state index contributed by atoms with van der Waals surface area (Å²) in [6, 6.07) is 6.59. The highest BCUT2D eigenvalue weighted by Gasteiger charge is 2.22. The summed E-state index contributed by atoms with van der Waals surface area (Å²) in [5.41, 5.74) is 1.80. The smallest absolute Gasteiger partial charge is 0.168 e. The number of Topliss-reactive ketones (excluding diaryl/α,β-unsaturated/α-hetero) is 1. The molecule has 1 heterocycles. The molecule has 1 saturated heterocycles. The molecule has 2 atom stereocenters. The summed E-state index contributed by atoms with van der Waals surface area (Å²) in [6.45, 7) is 4.18. The molecule has 0 amide bonds. The third-order valence-corrected chi connectivity index (χ3v) is 3.80. The highest BCUT2D eigenvalue weighted by atomic mass is 16.5. The van der Waals surface area contributed by atoms with Crippen LogP contribution in [0.5, 0.6) is 5.75 Å². The number of hydrogen-bond donors (Lipinski definition) is 1. The number of carbonyl (C=O) groups excluding carboxylic acids is 1. The molecule has 3 heteroatoms. The lowest BCUT2D eigenvalue weighted by molar-refractivity contribution is 0.0957. The number of nitrogens with one attached hydrogen (secondary N) is 1. The highest BCUT2D eigenvalue weighted by molar-refractivity contribution is 5.99. The first-order valence-electron chi connectivity index (χ1n) is 7.04. The fourth-order valence-corrected chi connectivity index (χ4v) is 2.77. The van der Waals surface area contributed by atoms with Crippen molar-refractivity contribution >= 4 is 5.78 Å². The topological polar surface area (TPSA) is 38.3 Å². The maximum absolute atomic E-state index is 12.4. The fraction of sp³-hybridized carbons (Fsp3) is 0.562. The Morgan fingerprint density at radius 1 is 1.42 bits per heavy atom. The van der Waals surface area contributed by atoms with Crippen LogP contribution < -0.4 is 10.1 Å². The molecule has 1 N–H and O–H groups in total. The predicted molar refractivity (Wildman–Crippen MR) is 76.9 cm³/mol. The van der Waals surface area contributed by atoms with Crippen molar-refractivity contribution in [2.24, 2.45) is 0 Å². The molecule has 3 nitrogen and oxygen atoms in total. The van der Waals surface area contributed by atoms with Gasteiger partial charge in [-0.3, -0.25) is 4.79 Å². The van der Waals surface area contributed by atoms with Crippen LogP contribution in [0.25, 0.3) is 0 Å². The number of piperidine rings is 1. The third kappa shape index (κ3) is 3.57. The molecule has 0 aromatic heterocycles. The van der Waals surface area contributed by atoms with Gasteiger partial charge >= 0.3 is 0 Å². The van der Waals surface area contributed by atoms with Crippen molar-refractivity contribution in [2.75, 3.05) is 7.11 Å². The minimum atomic E-state index is 0.173. The van der Waals surface area contributed by atoms with Gasteiger partial charge in [-0.05, 0) is 38.8 Å². The average Bonchev–Trinajstić information content (AvgIpc) is 2.38. The van der Waals surface area contributed by atoms with Crippen molar-refractivity contribution in [3.8, 4) is 5.75 Å². The number of methoxy groups -OCH3 is 1. The van der Waals surface area contributed by atoms with Gasteiger partial charge in [-0.25, -0.2) is 0 Å². The summed E-state index contributed by atoms with van der Waals surface area (Å²) in [5.74, 6) is 0.853. The molecule has 0 bridgehead atoms. The van der Waals surface area contributed by atoms with Gasteiger partial charge in [0, 0.05) is 18.5 Å². The maximum atomic E-state index is 12.4. The van der Waals surface area contributed by atoms with Crippen molar-refractivity contribution in [1.82, 2.24) is 5.32 Å². The molecule has 1 aliphatic rings. The molecule has 2 unspecified atom stereocenters. The van der Waals surface area contributed by atoms with Crippen LogP contribution in [-0.2, 0) is 0 Å². The Morgan fingerprint density at radius 3 is 2.89 bits per heavy atom. The van der Waals surface area contributed by atoms with Gasteiger partial charge in [-0.2, -0.15) is 0 Å². The third-order valence-electron chi connectivity index (χ3n) is 3.80. The zero-order chi connectivity index (χ0) is 13.8. The van der Waals surface area contributed by atoms with Gasteiger partial charge in [-0.15, -0.1) is 0 Å². The monoisotopic (exact) mass is 261 g/mol. The standard InChI is InChI=1S/C16H23NO2/c1-11-7-8-16(19-3)14(9-11)15(18)10-13-6-4-5-12(2)17-13/h7-9,12-13,17H,4-6,10H2,1-3H3. The molecule has 104 valence electrons. The number of ketones is 1. The Morgan fingerprint density at radius 2 is 2.21 bits per heavy atom. The summed E-state index contributed by atoms with van der Waals surface area (Å²) in [4.78, 5) is 12.4. The van der Waals surface area contributed by atoms with Gasteiger partial charge in [0.1, 0.15) is 5.75 Å². The van der Waals surface area contributed by atoms with E-state index < -0.39 is 0 Å². The molecule has 1 aliphatic heterocycles. The zero-order valence-corrected chi connectivity index (χ0v) is 12.0. The van der Waals surface area contributed by atoms with Gasteiger partial charge < -0.3 is 10.1 Å².